The van der Waals surface area contributed by atoms with Crippen LogP contribution in [0.5, 0.6) is 5.75 Å². The maximum Gasteiger partial charge on any atom is 0.326 e. The molecule has 2 rings (SSSR count). The molecule has 2 unspecified atom stereocenters. The lowest BCUT2D eigenvalue weighted by molar-refractivity contribution is -0.151. The Bertz CT molecular complexity index is 503. The van der Waals surface area contributed by atoms with E-state index >= 15 is 0 Å². The zero-order chi connectivity index (χ0) is 15.5. The Morgan fingerprint density at radius 1 is 1.38 bits per heavy atom. The largest absolute Gasteiger partial charge is 0.490 e. The molecular formula is C15H19F2NO3. The van der Waals surface area contributed by atoms with Gasteiger partial charge < -0.3 is 14.8 Å². The predicted octanol–water partition coefficient (Wildman–Crippen LogP) is 2.42. The molecule has 1 fully saturated rings. The van der Waals surface area contributed by atoms with Crippen molar-refractivity contribution in [2.45, 2.75) is 37.8 Å². The Morgan fingerprint density at radius 3 is 2.62 bits per heavy atom. The summed E-state index contributed by atoms with van der Waals surface area (Å²) in [5.41, 5.74) is -0.785. The van der Waals surface area contributed by atoms with Gasteiger partial charge in [0.25, 0.3) is 0 Å². The zero-order valence-electron chi connectivity index (χ0n) is 12.1. The second-order valence-electron chi connectivity index (χ2n) is 5.14. The molecule has 1 aromatic rings. The average Bonchev–Trinajstić information content (AvgIpc) is 2.82. The normalized spacial score (nSPS) is 24.9. The third-order valence-electron chi connectivity index (χ3n) is 3.75. The van der Waals surface area contributed by atoms with Gasteiger partial charge in [0.1, 0.15) is 29.0 Å². The van der Waals surface area contributed by atoms with Gasteiger partial charge in [0.05, 0.1) is 6.61 Å². The molecule has 0 heterocycles. The van der Waals surface area contributed by atoms with Crippen LogP contribution >= 0.6 is 0 Å². The Hall–Kier alpha value is -1.69. The molecule has 1 aliphatic rings. The van der Waals surface area contributed by atoms with E-state index < -0.39 is 17.2 Å². The Balaban J connectivity index is 2.05. The molecule has 0 spiro atoms. The first-order valence-electron chi connectivity index (χ1n) is 6.98. The molecule has 1 N–H and O–H groups in total. The van der Waals surface area contributed by atoms with Crippen LogP contribution in [0.2, 0.25) is 0 Å². The molecule has 0 aromatic heterocycles. The summed E-state index contributed by atoms with van der Waals surface area (Å²) in [6.45, 7) is 2.06. The minimum atomic E-state index is -0.785. The van der Waals surface area contributed by atoms with E-state index in [4.69, 9.17) is 9.47 Å². The Kier molecular flexibility index (Phi) is 4.77. The van der Waals surface area contributed by atoms with Crippen molar-refractivity contribution >= 4 is 5.97 Å². The van der Waals surface area contributed by atoms with Crippen molar-refractivity contribution in [3.63, 3.8) is 0 Å². The van der Waals surface area contributed by atoms with Crippen LogP contribution in [0.3, 0.4) is 0 Å². The molecule has 0 radical (unpaired) electrons. The molecule has 1 saturated carbocycles. The third-order valence-corrected chi connectivity index (χ3v) is 3.75. The van der Waals surface area contributed by atoms with Gasteiger partial charge in [0.15, 0.2) is 0 Å². The average molecular weight is 299 g/mol. The summed E-state index contributed by atoms with van der Waals surface area (Å²) in [6.07, 6.45) is 1.28. The first kappa shape index (κ1) is 15.7. The number of benzene rings is 1. The van der Waals surface area contributed by atoms with Crippen LogP contribution in [0.25, 0.3) is 0 Å². The third kappa shape index (κ3) is 3.50. The number of hydrogen-bond acceptors (Lipinski definition) is 4. The SMILES string of the molecule is CCOC(=O)C1(NC)CCC(Oc2cc(F)cc(F)c2)C1. The first-order chi connectivity index (χ1) is 9.99. The van der Waals surface area contributed by atoms with E-state index in [0.29, 0.717) is 25.9 Å². The van der Waals surface area contributed by atoms with Gasteiger partial charge >= 0.3 is 5.97 Å². The molecular weight excluding hydrogens is 280 g/mol. The highest BCUT2D eigenvalue weighted by molar-refractivity contribution is 5.81. The second kappa shape index (κ2) is 6.39. The lowest BCUT2D eigenvalue weighted by atomic mass is 9.98. The molecule has 0 bridgehead atoms. The van der Waals surface area contributed by atoms with Gasteiger partial charge in [0.2, 0.25) is 0 Å². The predicted molar refractivity (Wildman–Crippen MR) is 73.0 cm³/mol. The molecule has 1 aliphatic carbocycles. The number of carbonyl (C=O) groups excluding carboxylic acids is 1. The van der Waals surface area contributed by atoms with E-state index in [-0.39, 0.29) is 17.8 Å². The molecule has 1 aromatic carbocycles. The molecule has 2 atom stereocenters. The van der Waals surface area contributed by atoms with Gasteiger partial charge in [-0.3, -0.25) is 4.79 Å². The van der Waals surface area contributed by atoms with E-state index in [1.807, 2.05) is 0 Å². The summed E-state index contributed by atoms with van der Waals surface area (Å²) in [7, 11) is 1.70. The van der Waals surface area contributed by atoms with Crippen molar-refractivity contribution in [3.05, 3.63) is 29.8 Å². The molecule has 21 heavy (non-hydrogen) atoms. The van der Waals surface area contributed by atoms with Gasteiger partial charge in [-0.2, -0.15) is 0 Å². The smallest absolute Gasteiger partial charge is 0.326 e. The summed E-state index contributed by atoms with van der Waals surface area (Å²) in [6, 6.07) is 3.05. The minimum absolute atomic E-state index is 0.133. The highest BCUT2D eigenvalue weighted by Gasteiger charge is 2.46. The van der Waals surface area contributed by atoms with Crippen LogP contribution in [0.15, 0.2) is 18.2 Å². The van der Waals surface area contributed by atoms with Crippen molar-refractivity contribution in [2.75, 3.05) is 13.7 Å². The van der Waals surface area contributed by atoms with Crippen LogP contribution in [0.4, 0.5) is 8.78 Å². The fourth-order valence-electron chi connectivity index (χ4n) is 2.67. The summed E-state index contributed by atoms with van der Waals surface area (Å²) >= 11 is 0. The van der Waals surface area contributed by atoms with E-state index in [1.165, 1.54) is 0 Å². The highest BCUT2D eigenvalue weighted by Crippen LogP contribution is 2.34. The number of carbonyl (C=O) groups is 1. The number of halogens is 2. The zero-order valence-corrected chi connectivity index (χ0v) is 12.1. The molecule has 0 amide bonds. The molecule has 4 nitrogen and oxygen atoms in total. The molecule has 0 aliphatic heterocycles. The Morgan fingerprint density at radius 2 is 2.05 bits per heavy atom. The highest BCUT2D eigenvalue weighted by atomic mass is 19.1. The molecule has 0 saturated heterocycles. The summed E-state index contributed by atoms with van der Waals surface area (Å²) < 4.78 is 37.0. The standard InChI is InChI=1S/C15H19F2NO3/c1-3-20-14(19)15(18-2)5-4-12(9-15)21-13-7-10(16)6-11(17)8-13/h6-8,12,18H,3-5,9H2,1-2H3. The topological polar surface area (TPSA) is 47.6 Å². The fraction of sp³-hybridized carbons (Fsp3) is 0.533. The number of rotatable bonds is 5. The number of hydrogen-bond donors (Lipinski definition) is 1. The first-order valence-corrected chi connectivity index (χ1v) is 6.98. The van der Waals surface area contributed by atoms with Crippen molar-refractivity contribution in [3.8, 4) is 5.75 Å². The van der Waals surface area contributed by atoms with Gasteiger partial charge in [-0.25, -0.2) is 8.78 Å². The summed E-state index contributed by atoms with van der Waals surface area (Å²) in [4.78, 5) is 12.0. The molecule has 116 valence electrons. The van der Waals surface area contributed by atoms with Crippen molar-refractivity contribution in [1.29, 1.82) is 0 Å². The van der Waals surface area contributed by atoms with E-state index in [2.05, 4.69) is 5.32 Å². The van der Waals surface area contributed by atoms with E-state index in [9.17, 15) is 13.6 Å². The van der Waals surface area contributed by atoms with Gasteiger partial charge in [-0.1, -0.05) is 0 Å². The van der Waals surface area contributed by atoms with Crippen LogP contribution < -0.4 is 10.1 Å². The summed E-state index contributed by atoms with van der Waals surface area (Å²) in [5, 5.41) is 3.00. The van der Waals surface area contributed by atoms with Crippen LogP contribution in [-0.4, -0.2) is 31.3 Å². The van der Waals surface area contributed by atoms with Crippen LogP contribution in [0, 0.1) is 11.6 Å². The quantitative estimate of drug-likeness (QED) is 0.848. The fourth-order valence-corrected chi connectivity index (χ4v) is 2.67. The van der Waals surface area contributed by atoms with Gasteiger partial charge in [-0.05, 0) is 26.8 Å². The Labute approximate surface area is 122 Å². The number of nitrogens with one attached hydrogen (secondary N) is 1. The van der Waals surface area contributed by atoms with Gasteiger partial charge in [0, 0.05) is 24.6 Å². The molecule has 6 heteroatoms. The van der Waals surface area contributed by atoms with Crippen molar-refractivity contribution in [2.24, 2.45) is 0 Å². The lowest BCUT2D eigenvalue weighted by Crippen LogP contribution is -2.49. The van der Waals surface area contributed by atoms with Gasteiger partial charge in [-0.15, -0.1) is 0 Å². The van der Waals surface area contributed by atoms with E-state index in [1.54, 1.807) is 14.0 Å². The van der Waals surface area contributed by atoms with E-state index in [0.717, 1.165) is 18.2 Å². The second-order valence-corrected chi connectivity index (χ2v) is 5.14. The van der Waals surface area contributed by atoms with Crippen LogP contribution in [0.1, 0.15) is 26.2 Å². The number of ether oxygens (including phenoxy) is 2. The van der Waals surface area contributed by atoms with Crippen molar-refractivity contribution in [1.82, 2.24) is 5.32 Å². The van der Waals surface area contributed by atoms with Crippen molar-refractivity contribution < 1.29 is 23.0 Å². The minimum Gasteiger partial charge on any atom is -0.490 e. The van der Waals surface area contributed by atoms with Crippen LogP contribution in [-0.2, 0) is 9.53 Å². The monoisotopic (exact) mass is 299 g/mol. The summed E-state index contributed by atoms with van der Waals surface area (Å²) in [5.74, 6) is -1.56. The maximum atomic E-state index is 13.1. The lowest BCUT2D eigenvalue weighted by Gasteiger charge is -2.26. The number of esters is 1. The number of likely N-dealkylation sites (N-methyl/N-ethyl adjacent to an activating group) is 1. The maximum absolute atomic E-state index is 13.1.